The Bertz CT molecular complexity index is 444. The van der Waals surface area contributed by atoms with Crippen molar-refractivity contribution in [1.82, 2.24) is 5.43 Å². The molecule has 6 heteroatoms. The van der Waals surface area contributed by atoms with Gasteiger partial charge in [-0.25, -0.2) is 10.2 Å². The zero-order chi connectivity index (χ0) is 12.8. The monoisotopic (exact) mass is 237 g/mol. The number of primary amides is 1. The number of nitrogens with one attached hydrogen (secondary N) is 1. The summed E-state index contributed by atoms with van der Waals surface area (Å²) in [6.45, 7) is 1.91. The van der Waals surface area contributed by atoms with Gasteiger partial charge in [-0.05, 0) is 24.6 Å². The standard InChI is InChI=1S/C11H15N3O3/c1-7-4-10(17-3)8(5-9(7)16-2)6-13-14-11(12)15/h4-6H,1-3H3,(H3,12,14,15). The number of carbonyl (C=O) groups excluding carboxylic acids is 1. The highest BCUT2D eigenvalue weighted by Gasteiger charge is 2.06. The molecule has 2 amide bonds. The lowest BCUT2D eigenvalue weighted by molar-refractivity contribution is 0.249. The average Bonchev–Trinajstić information content (AvgIpc) is 2.30. The fraction of sp³-hybridized carbons (Fsp3) is 0.273. The van der Waals surface area contributed by atoms with Crippen LogP contribution in [-0.4, -0.2) is 26.5 Å². The van der Waals surface area contributed by atoms with E-state index >= 15 is 0 Å². The molecule has 6 nitrogen and oxygen atoms in total. The number of aryl methyl sites for hydroxylation is 1. The number of rotatable bonds is 4. The zero-order valence-electron chi connectivity index (χ0n) is 9.98. The molecule has 0 bridgehead atoms. The Kier molecular flexibility index (Phi) is 4.33. The Morgan fingerprint density at radius 1 is 1.35 bits per heavy atom. The van der Waals surface area contributed by atoms with Gasteiger partial charge in [0, 0.05) is 5.56 Å². The predicted octanol–water partition coefficient (Wildman–Crippen LogP) is 1.01. The van der Waals surface area contributed by atoms with Crippen LogP contribution in [0.1, 0.15) is 11.1 Å². The van der Waals surface area contributed by atoms with Crippen LogP contribution in [0, 0.1) is 6.92 Å². The third kappa shape index (κ3) is 3.37. The van der Waals surface area contributed by atoms with Crippen LogP contribution in [0.25, 0.3) is 0 Å². The molecule has 1 rings (SSSR count). The highest BCUT2D eigenvalue weighted by atomic mass is 16.5. The first-order valence-electron chi connectivity index (χ1n) is 4.89. The van der Waals surface area contributed by atoms with Crippen molar-refractivity contribution in [2.75, 3.05) is 14.2 Å². The summed E-state index contributed by atoms with van der Waals surface area (Å²) in [5.41, 5.74) is 8.63. The second kappa shape index (κ2) is 5.74. The van der Waals surface area contributed by atoms with Crippen molar-refractivity contribution < 1.29 is 14.3 Å². The summed E-state index contributed by atoms with van der Waals surface area (Å²) >= 11 is 0. The molecule has 0 fully saturated rings. The van der Waals surface area contributed by atoms with Crippen LogP contribution in [0.5, 0.6) is 11.5 Å². The molecule has 0 heterocycles. The Balaban J connectivity index is 3.03. The quantitative estimate of drug-likeness (QED) is 0.605. The molecule has 1 aromatic carbocycles. The maximum atomic E-state index is 10.5. The lowest BCUT2D eigenvalue weighted by Gasteiger charge is -2.10. The first-order valence-corrected chi connectivity index (χ1v) is 4.89. The van der Waals surface area contributed by atoms with Gasteiger partial charge in [0.25, 0.3) is 0 Å². The molecule has 0 saturated carbocycles. The van der Waals surface area contributed by atoms with E-state index in [4.69, 9.17) is 15.2 Å². The van der Waals surface area contributed by atoms with Crippen molar-refractivity contribution in [3.05, 3.63) is 23.3 Å². The second-order valence-electron chi connectivity index (χ2n) is 3.30. The van der Waals surface area contributed by atoms with E-state index in [2.05, 4.69) is 10.5 Å². The number of amides is 2. The van der Waals surface area contributed by atoms with Crippen LogP contribution >= 0.6 is 0 Å². The van der Waals surface area contributed by atoms with Gasteiger partial charge in [-0.1, -0.05) is 0 Å². The highest BCUT2D eigenvalue weighted by molar-refractivity contribution is 5.85. The second-order valence-corrected chi connectivity index (χ2v) is 3.30. The molecule has 1 aromatic rings. The van der Waals surface area contributed by atoms with Gasteiger partial charge in [-0.2, -0.15) is 5.10 Å². The zero-order valence-corrected chi connectivity index (χ0v) is 9.98. The minimum Gasteiger partial charge on any atom is -0.496 e. The van der Waals surface area contributed by atoms with Crippen molar-refractivity contribution in [1.29, 1.82) is 0 Å². The number of carbonyl (C=O) groups is 1. The summed E-state index contributed by atoms with van der Waals surface area (Å²) in [5, 5.41) is 3.67. The van der Waals surface area contributed by atoms with Crippen LogP contribution in [0.3, 0.4) is 0 Å². The van der Waals surface area contributed by atoms with Crippen LogP contribution in [0.4, 0.5) is 4.79 Å². The maximum Gasteiger partial charge on any atom is 0.332 e. The molecule has 0 radical (unpaired) electrons. The van der Waals surface area contributed by atoms with Crippen molar-refractivity contribution in [3.63, 3.8) is 0 Å². The minimum atomic E-state index is -0.723. The molecule has 0 atom stereocenters. The number of urea groups is 1. The van der Waals surface area contributed by atoms with Gasteiger partial charge in [0.15, 0.2) is 0 Å². The normalized spacial score (nSPS) is 10.3. The Morgan fingerprint density at radius 2 is 2.00 bits per heavy atom. The predicted molar refractivity (Wildman–Crippen MR) is 64.6 cm³/mol. The molecule has 0 spiro atoms. The molecule has 0 aliphatic heterocycles. The van der Waals surface area contributed by atoms with Crippen molar-refractivity contribution in [2.24, 2.45) is 10.8 Å². The van der Waals surface area contributed by atoms with E-state index in [1.807, 2.05) is 13.0 Å². The van der Waals surface area contributed by atoms with E-state index in [0.29, 0.717) is 17.1 Å². The number of nitrogens with two attached hydrogens (primary N) is 1. The topological polar surface area (TPSA) is 85.9 Å². The summed E-state index contributed by atoms with van der Waals surface area (Å²) in [5.74, 6) is 1.35. The fourth-order valence-electron chi connectivity index (χ4n) is 1.34. The SMILES string of the molecule is COc1cc(C=NNC(N)=O)c(OC)cc1C. The summed E-state index contributed by atoms with van der Waals surface area (Å²) in [6.07, 6.45) is 1.44. The number of hydrazone groups is 1. The molecule has 0 aliphatic carbocycles. The first kappa shape index (κ1) is 12.8. The van der Waals surface area contributed by atoms with Crippen molar-refractivity contribution >= 4 is 12.2 Å². The largest absolute Gasteiger partial charge is 0.496 e. The molecule has 0 aromatic heterocycles. The number of benzene rings is 1. The van der Waals surface area contributed by atoms with E-state index in [0.717, 1.165) is 5.56 Å². The number of hydrogen-bond acceptors (Lipinski definition) is 4. The van der Waals surface area contributed by atoms with E-state index < -0.39 is 6.03 Å². The molecule has 0 saturated heterocycles. The van der Waals surface area contributed by atoms with Crippen molar-refractivity contribution in [2.45, 2.75) is 6.92 Å². The molecule has 17 heavy (non-hydrogen) atoms. The number of nitrogens with zero attached hydrogens (tertiary/aromatic N) is 1. The van der Waals surface area contributed by atoms with Gasteiger partial charge >= 0.3 is 6.03 Å². The fourth-order valence-corrected chi connectivity index (χ4v) is 1.34. The lowest BCUT2D eigenvalue weighted by atomic mass is 10.1. The summed E-state index contributed by atoms with van der Waals surface area (Å²) in [4.78, 5) is 10.5. The number of methoxy groups -OCH3 is 2. The third-order valence-electron chi connectivity index (χ3n) is 2.13. The molecular weight excluding hydrogens is 222 g/mol. The van der Waals surface area contributed by atoms with E-state index in [-0.39, 0.29) is 0 Å². The smallest absolute Gasteiger partial charge is 0.332 e. The van der Waals surface area contributed by atoms with Gasteiger partial charge in [0.1, 0.15) is 11.5 Å². The molecular formula is C11H15N3O3. The van der Waals surface area contributed by atoms with Gasteiger partial charge in [0.2, 0.25) is 0 Å². The van der Waals surface area contributed by atoms with Crippen molar-refractivity contribution in [3.8, 4) is 11.5 Å². The molecule has 0 aliphatic rings. The Morgan fingerprint density at radius 3 is 2.53 bits per heavy atom. The van der Waals surface area contributed by atoms with Gasteiger partial charge in [-0.3, -0.25) is 0 Å². The molecule has 0 unspecified atom stereocenters. The minimum absolute atomic E-state index is 0.637. The molecule has 92 valence electrons. The summed E-state index contributed by atoms with van der Waals surface area (Å²) in [7, 11) is 3.14. The first-order chi connectivity index (χ1) is 8.08. The highest BCUT2D eigenvalue weighted by Crippen LogP contribution is 2.26. The van der Waals surface area contributed by atoms with Gasteiger partial charge in [-0.15, -0.1) is 0 Å². The Hall–Kier alpha value is -2.24. The van der Waals surface area contributed by atoms with Crippen LogP contribution in [-0.2, 0) is 0 Å². The summed E-state index contributed by atoms with van der Waals surface area (Å²) in [6, 6.07) is 2.87. The third-order valence-corrected chi connectivity index (χ3v) is 2.13. The van der Waals surface area contributed by atoms with Crippen LogP contribution < -0.4 is 20.6 Å². The average molecular weight is 237 g/mol. The van der Waals surface area contributed by atoms with E-state index in [9.17, 15) is 4.79 Å². The van der Waals surface area contributed by atoms with Crippen LogP contribution in [0.15, 0.2) is 17.2 Å². The maximum absolute atomic E-state index is 10.5. The molecule has 3 N–H and O–H groups in total. The number of hydrogen-bond donors (Lipinski definition) is 2. The lowest BCUT2D eigenvalue weighted by Crippen LogP contribution is -2.24. The van der Waals surface area contributed by atoms with Crippen LogP contribution in [0.2, 0.25) is 0 Å². The van der Waals surface area contributed by atoms with Gasteiger partial charge < -0.3 is 15.2 Å². The number of ether oxygens (including phenoxy) is 2. The van der Waals surface area contributed by atoms with E-state index in [1.165, 1.54) is 6.21 Å². The summed E-state index contributed by atoms with van der Waals surface area (Å²) < 4.78 is 10.4. The Labute approximate surface area is 99.4 Å². The van der Waals surface area contributed by atoms with E-state index in [1.54, 1.807) is 20.3 Å². The van der Waals surface area contributed by atoms with Gasteiger partial charge in [0.05, 0.1) is 20.4 Å².